The molecular weight excluding hydrogens is 400 g/mol. The zero-order valence-corrected chi connectivity index (χ0v) is 17.9. The lowest BCUT2D eigenvalue weighted by Crippen LogP contribution is -2.35. The molecule has 2 heterocycles. The lowest BCUT2D eigenvalue weighted by atomic mass is 10.0. The molecule has 0 fully saturated rings. The number of carbonyl (C=O) groups excluding carboxylic acids is 2. The smallest absolute Gasteiger partial charge is 0.254 e. The van der Waals surface area contributed by atoms with Gasteiger partial charge in [-0.25, -0.2) is 0 Å². The van der Waals surface area contributed by atoms with Gasteiger partial charge < -0.3 is 14.2 Å². The normalized spacial score (nSPS) is 13.0. The molecule has 0 radical (unpaired) electrons. The van der Waals surface area contributed by atoms with Crippen molar-refractivity contribution >= 4 is 24.1 Å². The van der Waals surface area contributed by atoms with E-state index in [9.17, 15) is 9.59 Å². The number of ketones is 1. The minimum absolute atomic E-state index is 0. The summed E-state index contributed by atoms with van der Waals surface area (Å²) >= 11 is 0. The second-order valence-corrected chi connectivity index (χ2v) is 7.65. The Kier molecular flexibility index (Phi) is 6.75. The lowest BCUT2D eigenvalue weighted by Gasteiger charge is -2.26. The Balaban J connectivity index is 0.00000256. The van der Waals surface area contributed by atoms with E-state index < -0.39 is 0 Å². The molecular formula is C24H25ClN2O3. The van der Waals surface area contributed by atoms with E-state index in [0.717, 1.165) is 23.6 Å². The predicted molar refractivity (Wildman–Crippen MR) is 118 cm³/mol. The summed E-state index contributed by atoms with van der Waals surface area (Å²) in [6.07, 6.45) is 0.705. The molecule has 1 aliphatic rings. The Morgan fingerprint density at radius 1 is 0.967 bits per heavy atom. The van der Waals surface area contributed by atoms with Crippen LogP contribution in [-0.2, 0) is 19.5 Å². The second-order valence-electron chi connectivity index (χ2n) is 7.65. The van der Waals surface area contributed by atoms with E-state index in [1.54, 1.807) is 36.4 Å². The minimum Gasteiger partial charge on any atom is -0.464 e. The number of halogens is 1. The van der Waals surface area contributed by atoms with Gasteiger partial charge in [0.1, 0.15) is 11.5 Å². The van der Waals surface area contributed by atoms with Crippen LogP contribution in [0.15, 0.2) is 65.1 Å². The van der Waals surface area contributed by atoms with Crippen LogP contribution < -0.4 is 0 Å². The first-order valence-corrected chi connectivity index (χ1v) is 9.75. The average Bonchev–Trinajstić information content (AvgIpc) is 3.14. The van der Waals surface area contributed by atoms with Crippen LogP contribution >= 0.6 is 12.4 Å². The van der Waals surface area contributed by atoms with Crippen molar-refractivity contribution in [3.63, 3.8) is 0 Å². The first-order valence-electron chi connectivity index (χ1n) is 9.75. The van der Waals surface area contributed by atoms with Crippen molar-refractivity contribution in [1.82, 2.24) is 9.80 Å². The maximum absolute atomic E-state index is 13.1. The fraction of sp³-hybridized carbons (Fsp3) is 0.250. The molecule has 4 rings (SSSR count). The number of amides is 1. The first-order chi connectivity index (χ1) is 14.0. The molecule has 2 aromatic carbocycles. The molecule has 0 bridgehead atoms. The van der Waals surface area contributed by atoms with Crippen molar-refractivity contribution in [2.24, 2.45) is 0 Å². The Morgan fingerprint density at radius 3 is 2.40 bits per heavy atom. The zero-order valence-electron chi connectivity index (χ0n) is 17.1. The molecule has 0 saturated carbocycles. The van der Waals surface area contributed by atoms with Crippen LogP contribution in [0.2, 0.25) is 0 Å². The highest BCUT2D eigenvalue weighted by Crippen LogP contribution is 2.25. The predicted octanol–water partition coefficient (Wildman–Crippen LogP) is 4.19. The maximum Gasteiger partial charge on any atom is 0.254 e. The molecule has 3 aromatic rings. The Hall–Kier alpha value is -2.89. The molecule has 0 N–H and O–H groups in total. The maximum atomic E-state index is 13.1. The monoisotopic (exact) mass is 424 g/mol. The van der Waals surface area contributed by atoms with Crippen LogP contribution in [0.3, 0.4) is 0 Å². The molecule has 1 aliphatic heterocycles. The standard InChI is InChI=1S/C24H24N2O3.ClH/c1-25(2)16-21-14-20-15-26(12-11-22(20)29-21)24(28)19-10-6-9-18(13-19)23(27)17-7-4-3-5-8-17;/h3-10,13-14H,11-12,15-16H2,1-2H3;1H. The van der Waals surface area contributed by atoms with Gasteiger partial charge in [0, 0.05) is 41.8 Å². The molecule has 1 aromatic heterocycles. The number of rotatable bonds is 5. The average molecular weight is 425 g/mol. The van der Waals surface area contributed by atoms with Gasteiger partial charge in [-0.1, -0.05) is 42.5 Å². The second kappa shape index (κ2) is 9.28. The summed E-state index contributed by atoms with van der Waals surface area (Å²) in [4.78, 5) is 29.7. The van der Waals surface area contributed by atoms with Gasteiger partial charge >= 0.3 is 0 Å². The number of carbonyl (C=O) groups is 2. The summed E-state index contributed by atoms with van der Waals surface area (Å²) in [5, 5.41) is 0. The summed E-state index contributed by atoms with van der Waals surface area (Å²) < 4.78 is 5.93. The third-order valence-corrected chi connectivity index (χ3v) is 5.08. The van der Waals surface area contributed by atoms with E-state index in [2.05, 4.69) is 4.90 Å². The number of benzene rings is 2. The van der Waals surface area contributed by atoms with Crippen LogP contribution in [0, 0.1) is 0 Å². The third kappa shape index (κ3) is 4.64. The fourth-order valence-electron chi connectivity index (χ4n) is 3.69. The van der Waals surface area contributed by atoms with Crippen molar-refractivity contribution in [1.29, 1.82) is 0 Å². The third-order valence-electron chi connectivity index (χ3n) is 5.08. The van der Waals surface area contributed by atoms with Gasteiger partial charge in [0.15, 0.2) is 5.78 Å². The molecule has 6 heteroatoms. The highest BCUT2D eigenvalue weighted by Gasteiger charge is 2.25. The van der Waals surface area contributed by atoms with Crippen LogP contribution in [0.1, 0.15) is 43.4 Å². The largest absolute Gasteiger partial charge is 0.464 e. The van der Waals surface area contributed by atoms with E-state index in [1.165, 1.54) is 0 Å². The van der Waals surface area contributed by atoms with Gasteiger partial charge in [-0.3, -0.25) is 9.59 Å². The first kappa shape index (κ1) is 21.8. The van der Waals surface area contributed by atoms with E-state index in [4.69, 9.17) is 4.42 Å². The molecule has 0 aliphatic carbocycles. The van der Waals surface area contributed by atoms with Crippen LogP contribution in [0.25, 0.3) is 0 Å². The Labute approximate surface area is 182 Å². The van der Waals surface area contributed by atoms with E-state index in [1.807, 2.05) is 43.3 Å². The number of hydrogen-bond donors (Lipinski definition) is 0. The summed E-state index contributed by atoms with van der Waals surface area (Å²) in [6.45, 7) is 1.88. The quantitative estimate of drug-likeness (QED) is 0.576. The van der Waals surface area contributed by atoms with E-state index >= 15 is 0 Å². The number of fused-ring (bicyclic) bond motifs is 1. The van der Waals surface area contributed by atoms with E-state index in [0.29, 0.717) is 36.2 Å². The summed E-state index contributed by atoms with van der Waals surface area (Å²) in [5.41, 5.74) is 2.74. The zero-order chi connectivity index (χ0) is 20.4. The molecule has 1 amide bonds. The van der Waals surface area contributed by atoms with Crippen LogP contribution in [-0.4, -0.2) is 42.1 Å². The Morgan fingerprint density at radius 2 is 1.67 bits per heavy atom. The van der Waals surface area contributed by atoms with Gasteiger partial charge in [-0.15, -0.1) is 12.4 Å². The number of hydrogen-bond acceptors (Lipinski definition) is 4. The van der Waals surface area contributed by atoms with Crippen molar-refractivity contribution < 1.29 is 14.0 Å². The summed E-state index contributed by atoms with van der Waals surface area (Å²) in [5.74, 6) is 1.75. The molecule has 0 atom stereocenters. The molecule has 5 nitrogen and oxygen atoms in total. The van der Waals surface area contributed by atoms with Crippen molar-refractivity contribution in [3.05, 3.63) is 94.4 Å². The topological polar surface area (TPSA) is 53.8 Å². The van der Waals surface area contributed by atoms with Crippen molar-refractivity contribution in [3.8, 4) is 0 Å². The number of furan rings is 1. The molecule has 156 valence electrons. The molecule has 30 heavy (non-hydrogen) atoms. The summed E-state index contributed by atoms with van der Waals surface area (Å²) in [6, 6.07) is 18.2. The molecule has 0 spiro atoms. The van der Waals surface area contributed by atoms with Crippen molar-refractivity contribution in [2.45, 2.75) is 19.5 Å². The van der Waals surface area contributed by atoms with Gasteiger partial charge in [-0.2, -0.15) is 0 Å². The molecule has 0 unspecified atom stereocenters. The van der Waals surface area contributed by atoms with Crippen LogP contribution in [0.5, 0.6) is 0 Å². The summed E-state index contributed by atoms with van der Waals surface area (Å²) in [7, 11) is 4.00. The van der Waals surface area contributed by atoms with Gasteiger partial charge in [0.05, 0.1) is 6.54 Å². The van der Waals surface area contributed by atoms with Crippen LogP contribution in [0.4, 0.5) is 0 Å². The van der Waals surface area contributed by atoms with Gasteiger partial charge in [0.25, 0.3) is 5.91 Å². The SMILES string of the molecule is CN(C)Cc1cc2c(o1)CCN(C(=O)c1cccc(C(=O)c3ccccc3)c1)C2.Cl. The highest BCUT2D eigenvalue weighted by atomic mass is 35.5. The highest BCUT2D eigenvalue weighted by molar-refractivity contribution is 6.10. The number of nitrogens with zero attached hydrogens (tertiary/aromatic N) is 2. The lowest BCUT2D eigenvalue weighted by molar-refractivity contribution is 0.0729. The van der Waals surface area contributed by atoms with E-state index in [-0.39, 0.29) is 24.1 Å². The van der Waals surface area contributed by atoms with Gasteiger partial charge in [-0.05, 0) is 32.3 Å². The molecule has 0 saturated heterocycles. The van der Waals surface area contributed by atoms with Crippen molar-refractivity contribution in [2.75, 3.05) is 20.6 Å². The van der Waals surface area contributed by atoms with Gasteiger partial charge in [0.2, 0.25) is 0 Å². The Bertz CT molecular complexity index is 1040. The minimum atomic E-state index is -0.0793. The fourth-order valence-corrected chi connectivity index (χ4v) is 3.69.